The van der Waals surface area contributed by atoms with Gasteiger partial charge in [-0.25, -0.2) is 0 Å². The largest absolute Gasteiger partial charge is 0.357 e. The minimum absolute atomic E-state index is 0.181. The summed E-state index contributed by atoms with van der Waals surface area (Å²) in [7, 11) is 0. The summed E-state index contributed by atoms with van der Waals surface area (Å²) in [6.07, 6.45) is 12.2. The average molecular weight is 306 g/mol. The Bertz CT molecular complexity index is 391. The summed E-state index contributed by atoms with van der Waals surface area (Å²) in [6, 6.07) is 0.453. The van der Waals surface area contributed by atoms with E-state index in [4.69, 9.17) is 0 Å². The van der Waals surface area contributed by atoms with Crippen LogP contribution in [0.4, 0.5) is 0 Å². The molecule has 2 aliphatic rings. The molecule has 1 amide bonds. The smallest absolute Gasteiger partial charge is 0.220 e. The normalized spacial score (nSPS) is 19.6. The van der Waals surface area contributed by atoms with Crippen molar-refractivity contribution in [1.29, 1.82) is 0 Å². The minimum Gasteiger partial charge on any atom is -0.357 e. The van der Waals surface area contributed by atoms with Gasteiger partial charge < -0.3 is 16.0 Å². The highest BCUT2D eigenvalue weighted by molar-refractivity contribution is 5.80. The maximum atomic E-state index is 11.8. The Morgan fingerprint density at radius 2 is 1.91 bits per heavy atom. The predicted octanol–water partition coefficient (Wildman–Crippen LogP) is 1.96. The number of amides is 1. The lowest BCUT2D eigenvalue weighted by Gasteiger charge is -2.16. The standard InChI is InChI=1S/C17H30N4O/c1-2-18-17(21-15-9-5-6-10-15)20-12-11-19-16(22)13-14-7-3-4-8-14/h5-6,14-15H,2-4,7-13H2,1H3,(H,19,22)(H2,18,20,21). The Morgan fingerprint density at radius 1 is 1.18 bits per heavy atom. The molecule has 0 heterocycles. The molecule has 5 heteroatoms. The van der Waals surface area contributed by atoms with E-state index >= 15 is 0 Å². The Kier molecular flexibility index (Phi) is 7.26. The Labute approximate surface area is 134 Å². The first-order chi connectivity index (χ1) is 10.8. The molecule has 2 rings (SSSR count). The summed E-state index contributed by atoms with van der Waals surface area (Å²) in [5, 5.41) is 9.67. The average Bonchev–Trinajstić information content (AvgIpc) is 3.17. The van der Waals surface area contributed by atoms with E-state index in [-0.39, 0.29) is 5.91 Å². The molecule has 0 aromatic rings. The second-order valence-electron chi connectivity index (χ2n) is 6.25. The number of guanidine groups is 1. The molecule has 124 valence electrons. The summed E-state index contributed by atoms with van der Waals surface area (Å²) in [5.41, 5.74) is 0. The van der Waals surface area contributed by atoms with Gasteiger partial charge in [0.2, 0.25) is 5.91 Å². The van der Waals surface area contributed by atoms with E-state index in [1.54, 1.807) is 0 Å². The first kappa shape index (κ1) is 16.8. The van der Waals surface area contributed by atoms with Crippen LogP contribution in [0.3, 0.4) is 0 Å². The van der Waals surface area contributed by atoms with Gasteiger partial charge in [-0.2, -0.15) is 0 Å². The molecule has 0 unspecified atom stereocenters. The fourth-order valence-electron chi connectivity index (χ4n) is 3.16. The number of carbonyl (C=O) groups is 1. The highest BCUT2D eigenvalue weighted by atomic mass is 16.1. The van der Waals surface area contributed by atoms with Gasteiger partial charge in [0.15, 0.2) is 5.96 Å². The van der Waals surface area contributed by atoms with Gasteiger partial charge in [-0.1, -0.05) is 25.0 Å². The molecule has 0 bridgehead atoms. The maximum absolute atomic E-state index is 11.8. The zero-order valence-corrected chi connectivity index (χ0v) is 13.7. The van der Waals surface area contributed by atoms with Crippen LogP contribution in [0, 0.1) is 5.92 Å². The van der Waals surface area contributed by atoms with Gasteiger partial charge in [-0.3, -0.25) is 9.79 Å². The van der Waals surface area contributed by atoms with Crippen molar-refractivity contribution in [2.45, 2.75) is 57.9 Å². The van der Waals surface area contributed by atoms with Crippen LogP contribution in [0.1, 0.15) is 51.9 Å². The highest BCUT2D eigenvalue weighted by Crippen LogP contribution is 2.27. The number of nitrogens with zero attached hydrogens (tertiary/aromatic N) is 1. The van der Waals surface area contributed by atoms with Gasteiger partial charge >= 0.3 is 0 Å². The molecule has 1 fully saturated rings. The van der Waals surface area contributed by atoms with Crippen molar-refractivity contribution in [2.75, 3.05) is 19.6 Å². The molecular formula is C17H30N4O. The van der Waals surface area contributed by atoms with Crippen molar-refractivity contribution in [3.8, 4) is 0 Å². The molecule has 0 aromatic heterocycles. The van der Waals surface area contributed by atoms with Gasteiger partial charge in [0, 0.05) is 25.6 Å². The van der Waals surface area contributed by atoms with Crippen LogP contribution in [-0.2, 0) is 4.79 Å². The number of carbonyl (C=O) groups excluding carboxylic acids is 1. The number of hydrogen-bond donors (Lipinski definition) is 3. The second-order valence-corrected chi connectivity index (χ2v) is 6.25. The van der Waals surface area contributed by atoms with E-state index in [0.717, 1.165) is 25.3 Å². The van der Waals surface area contributed by atoms with Gasteiger partial charge in [0.25, 0.3) is 0 Å². The lowest BCUT2D eigenvalue weighted by atomic mass is 10.0. The Hall–Kier alpha value is -1.52. The molecule has 2 aliphatic carbocycles. The van der Waals surface area contributed by atoms with Crippen molar-refractivity contribution in [1.82, 2.24) is 16.0 Å². The fourth-order valence-corrected chi connectivity index (χ4v) is 3.16. The topological polar surface area (TPSA) is 65.5 Å². The monoisotopic (exact) mass is 306 g/mol. The van der Waals surface area contributed by atoms with Crippen LogP contribution in [-0.4, -0.2) is 37.5 Å². The van der Waals surface area contributed by atoms with Gasteiger partial charge in [-0.15, -0.1) is 0 Å². The van der Waals surface area contributed by atoms with Gasteiger partial charge in [0.05, 0.1) is 6.54 Å². The van der Waals surface area contributed by atoms with Gasteiger partial charge in [0.1, 0.15) is 0 Å². The van der Waals surface area contributed by atoms with Crippen LogP contribution in [0.2, 0.25) is 0 Å². The van der Waals surface area contributed by atoms with Crippen LogP contribution in [0.15, 0.2) is 17.1 Å². The molecule has 0 radical (unpaired) electrons. The first-order valence-electron chi connectivity index (χ1n) is 8.74. The summed E-state index contributed by atoms with van der Waals surface area (Å²) < 4.78 is 0. The molecule has 3 N–H and O–H groups in total. The van der Waals surface area contributed by atoms with Crippen molar-refractivity contribution in [2.24, 2.45) is 10.9 Å². The Balaban J connectivity index is 1.63. The SMILES string of the molecule is CCNC(=NCCNC(=O)CC1CCCC1)NC1CC=CC1. The molecule has 1 saturated carbocycles. The highest BCUT2D eigenvalue weighted by Gasteiger charge is 2.18. The molecule has 0 aromatic carbocycles. The maximum Gasteiger partial charge on any atom is 0.220 e. The zero-order valence-electron chi connectivity index (χ0n) is 13.7. The van der Waals surface area contributed by atoms with E-state index < -0.39 is 0 Å². The molecule has 0 saturated heterocycles. The van der Waals surface area contributed by atoms with Crippen molar-refractivity contribution < 1.29 is 4.79 Å². The molecule has 0 spiro atoms. The number of rotatable bonds is 7. The summed E-state index contributed by atoms with van der Waals surface area (Å²) in [5.74, 6) is 1.64. The van der Waals surface area contributed by atoms with E-state index in [9.17, 15) is 4.79 Å². The van der Waals surface area contributed by atoms with Crippen molar-refractivity contribution in [3.05, 3.63) is 12.2 Å². The molecule has 0 atom stereocenters. The molecule has 5 nitrogen and oxygen atoms in total. The molecule has 22 heavy (non-hydrogen) atoms. The van der Waals surface area contributed by atoms with Crippen LogP contribution in [0.5, 0.6) is 0 Å². The molecule has 0 aliphatic heterocycles. The molecular weight excluding hydrogens is 276 g/mol. The Morgan fingerprint density at radius 3 is 2.59 bits per heavy atom. The lowest BCUT2D eigenvalue weighted by molar-refractivity contribution is -0.121. The summed E-state index contributed by atoms with van der Waals surface area (Å²) in [6.45, 7) is 4.14. The quantitative estimate of drug-likeness (QED) is 0.291. The van der Waals surface area contributed by atoms with Crippen LogP contribution < -0.4 is 16.0 Å². The predicted molar refractivity (Wildman–Crippen MR) is 90.9 cm³/mol. The summed E-state index contributed by atoms with van der Waals surface area (Å²) in [4.78, 5) is 16.4. The minimum atomic E-state index is 0.181. The zero-order chi connectivity index (χ0) is 15.6. The second kappa shape index (κ2) is 9.49. The van der Waals surface area contributed by atoms with Crippen molar-refractivity contribution in [3.63, 3.8) is 0 Å². The van der Waals surface area contributed by atoms with E-state index in [0.29, 0.717) is 31.5 Å². The van der Waals surface area contributed by atoms with Crippen LogP contribution in [0.25, 0.3) is 0 Å². The summed E-state index contributed by atoms with van der Waals surface area (Å²) >= 11 is 0. The fraction of sp³-hybridized carbons (Fsp3) is 0.765. The van der Waals surface area contributed by atoms with E-state index in [1.165, 1.54) is 25.7 Å². The number of nitrogens with one attached hydrogen (secondary N) is 3. The van der Waals surface area contributed by atoms with Crippen LogP contribution >= 0.6 is 0 Å². The van der Waals surface area contributed by atoms with E-state index in [2.05, 4.69) is 40.0 Å². The third kappa shape index (κ3) is 6.08. The third-order valence-corrected chi connectivity index (χ3v) is 4.35. The number of hydrogen-bond acceptors (Lipinski definition) is 2. The van der Waals surface area contributed by atoms with Crippen molar-refractivity contribution >= 4 is 11.9 Å². The number of aliphatic imine (C=N–C) groups is 1. The lowest BCUT2D eigenvalue weighted by Crippen LogP contribution is -2.43. The van der Waals surface area contributed by atoms with E-state index in [1.807, 2.05) is 0 Å². The third-order valence-electron chi connectivity index (χ3n) is 4.35. The van der Waals surface area contributed by atoms with Gasteiger partial charge in [-0.05, 0) is 38.5 Å². The first-order valence-corrected chi connectivity index (χ1v) is 8.74.